The van der Waals surface area contributed by atoms with Gasteiger partial charge in [0.1, 0.15) is 0 Å². The van der Waals surface area contributed by atoms with Crippen molar-refractivity contribution in [2.24, 2.45) is 0 Å². The molecule has 2 heterocycles. The van der Waals surface area contributed by atoms with Gasteiger partial charge in [0.15, 0.2) is 0 Å². The topological polar surface area (TPSA) is 89.3 Å². The van der Waals surface area contributed by atoms with Crippen LogP contribution in [0.15, 0.2) is 4.79 Å². The molecule has 0 atom stereocenters. The quantitative estimate of drug-likeness (QED) is 0.745. The molecule has 2 aromatic rings. The Balaban J connectivity index is 2.74. The SMILES string of the molecule is CCc1c(C)[nH]c2nc(C(=O)OC)nn2c1=O. The van der Waals surface area contributed by atoms with Crippen molar-refractivity contribution in [2.45, 2.75) is 20.3 Å². The number of aromatic amines is 1. The van der Waals surface area contributed by atoms with E-state index in [4.69, 9.17) is 0 Å². The highest BCUT2D eigenvalue weighted by atomic mass is 16.5. The zero-order valence-corrected chi connectivity index (χ0v) is 9.77. The molecular weight excluding hydrogens is 224 g/mol. The summed E-state index contributed by atoms with van der Waals surface area (Å²) in [4.78, 5) is 30.1. The summed E-state index contributed by atoms with van der Waals surface area (Å²) in [6.07, 6.45) is 0.588. The van der Waals surface area contributed by atoms with Gasteiger partial charge in [0.05, 0.1) is 7.11 Å². The third-order valence-electron chi connectivity index (χ3n) is 2.53. The molecule has 1 N–H and O–H groups in total. The Bertz CT molecular complexity index is 641. The standard InChI is InChI=1S/C10H12N4O3/c1-4-6-5(2)11-10-12-7(9(16)17-3)13-14(10)8(6)15/h4H2,1-3H3,(H,11,12,13). The first-order valence-electron chi connectivity index (χ1n) is 5.15. The molecule has 0 aliphatic heterocycles. The maximum atomic E-state index is 12.0. The Labute approximate surface area is 96.4 Å². The Morgan fingerprint density at radius 1 is 1.53 bits per heavy atom. The fraction of sp³-hybridized carbons (Fsp3) is 0.400. The first kappa shape index (κ1) is 11.3. The van der Waals surface area contributed by atoms with Crippen molar-refractivity contribution in [3.05, 3.63) is 27.4 Å². The summed E-state index contributed by atoms with van der Waals surface area (Å²) in [5.41, 5.74) is 1.09. The molecule has 0 aromatic carbocycles. The second-order valence-electron chi connectivity index (χ2n) is 3.55. The summed E-state index contributed by atoms with van der Waals surface area (Å²) in [5, 5.41) is 3.82. The van der Waals surface area contributed by atoms with Gasteiger partial charge in [0.2, 0.25) is 5.78 Å². The number of nitrogens with one attached hydrogen (secondary N) is 1. The fourth-order valence-corrected chi connectivity index (χ4v) is 1.66. The second kappa shape index (κ2) is 4.00. The van der Waals surface area contributed by atoms with Crippen molar-refractivity contribution < 1.29 is 9.53 Å². The highest BCUT2D eigenvalue weighted by Gasteiger charge is 2.16. The lowest BCUT2D eigenvalue weighted by Crippen LogP contribution is -2.21. The summed E-state index contributed by atoms with van der Waals surface area (Å²) in [7, 11) is 1.23. The Kier molecular flexibility index (Phi) is 2.66. The summed E-state index contributed by atoms with van der Waals surface area (Å²) < 4.78 is 5.58. The lowest BCUT2D eigenvalue weighted by atomic mass is 10.2. The first-order chi connectivity index (χ1) is 8.08. The number of methoxy groups -OCH3 is 1. The number of aryl methyl sites for hydroxylation is 1. The molecule has 7 heteroatoms. The van der Waals surface area contributed by atoms with E-state index in [-0.39, 0.29) is 17.2 Å². The Morgan fingerprint density at radius 3 is 2.82 bits per heavy atom. The highest BCUT2D eigenvalue weighted by molar-refractivity contribution is 5.85. The molecule has 2 aromatic heterocycles. The maximum Gasteiger partial charge on any atom is 0.378 e. The van der Waals surface area contributed by atoms with E-state index in [1.807, 2.05) is 6.92 Å². The van der Waals surface area contributed by atoms with Crippen LogP contribution in [0.2, 0.25) is 0 Å². The van der Waals surface area contributed by atoms with Gasteiger partial charge >= 0.3 is 5.97 Å². The summed E-state index contributed by atoms with van der Waals surface area (Å²) >= 11 is 0. The van der Waals surface area contributed by atoms with Gasteiger partial charge in [-0.15, -0.1) is 5.10 Å². The van der Waals surface area contributed by atoms with Crippen LogP contribution in [0.3, 0.4) is 0 Å². The maximum absolute atomic E-state index is 12.0. The van der Waals surface area contributed by atoms with E-state index in [1.54, 1.807) is 6.92 Å². The van der Waals surface area contributed by atoms with Crippen molar-refractivity contribution >= 4 is 11.7 Å². The van der Waals surface area contributed by atoms with Crippen LogP contribution in [0.25, 0.3) is 5.78 Å². The van der Waals surface area contributed by atoms with Gasteiger partial charge in [-0.25, -0.2) is 4.79 Å². The predicted molar refractivity (Wildman–Crippen MR) is 59.1 cm³/mol. The van der Waals surface area contributed by atoms with Crippen LogP contribution in [-0.4, -0.2) is 32.7 Å². The van der Waals surface area contributed by atoms with E-state index in [9.17, 15) is 9.59 Å². The van der Waals surface area contributed by atoms with E-state index in [1.165, 1.54) is 7.11 Å². The van der Waals surface area contributed by atoms with Gasteiger partial charge in [-0.2, -0.15) is 9.50 Å². The average molecular weight is 236 g/mol. The molecule has 0 spiro atoms. The number of hydrogen-bond donors (Lipinski definition) is 1. The van der Waals surface area contributed by atoms with Gasteiger partial charge in [0, 0.05) is 11.3 Å². The van der Waals surface area contributed by atoms with E-state index in [0.29, 0.717) is 12.0 Å². The van der Waals surface area contributed by atoms with Crippen LogP contribution in [0.5, 0.6) is 0 Å². The molecule has 0 radical (unpaired) electrons. The van der Waals surface area contributed by atoms with Crippen LogP contribution < -0.4 is 5.56 Å². The molecule has 0 aliphatic carbocycles. The monoisotopic (exact) mass is 236 g/mol. The van der Waals surface area contributed by atoms with Gasteiger partial charge in [-0.1, -0.05) is 6.92 Å². The number of carbonyl (C=O) groups excluding carboxylic acids is 1. The van der Waals surface area contributed by atoms with Gasteiger partial charge in [-0.3, -0.25) is 4.79 Å². The third-order valence-corrected chi connectivity index (χ3v) is 2.53. The number of nitrogens with zero attached hydrogens (tertiary/aromatic N) is 3. The minimum Gasteiger partial charge on any atom is -0.463 e. The van der Waals surface area contributed by atoms with Crippen LogP contribution in [0, 0.1) is 6.92 Å². The highest BCUT2D eigenvalue weighted by Crippen LogP contribution is 2.03. The van der Waals surface area contributed by atoms with Crippen LogP contribution in [0.4, 0.5) is 0 Å². The molecule has 0 amide bonds. The Hall–Kier alpha value is -2.18. The number of ether oxygens (including phenoxy) is 1. The molecule has 0 fully saturated rings. The molecule has 0 unspecified atom stereocenters. The largest absolute Gasteiger partial charge is 0.463 e. The smallest absolute Gasteiger partial charge is 0.378 e. The predicted octanol–water partition coefficient (Wildman–Crippen LogP) is 0.0750. The molecule has 0 saturated heterocycles. The van der Waals surface area contributed by atoms with Crippen LogP contribution >= 0.6 is 0 Å². The molecule has 90 valence electrons. The second-order valence-corrected chi connectivity index (χ2v) is 3.55. The normalized spacial score (nSPS) is 10.8. The molecule has 0 saturated carbocycles. The minimum absolute atomic E-state index is 0.131. The van der Waals surface area contributed by atoms with Crippen molar-refractivity contribution in [1.82, 2.24) is 19.6 Å². The van der Waals surface area contributed by atoms with E-state index in [0.717, 1.165) is 10.2 Å². The van der Waals surface area contributed by atoms with Crippen molar-refractivity contribution in [1.29, 1.82) is 0 Å². The van der Waals surface area contributed by atoms with Crippen molar-refractivity contribution in [2.75, 3.05) is 7.11 Å². The molecule has 0 aliphatic rings. The Morgan fingerprint density at radius 2 is 2.24 bits per heavy atom. The molecule has 17 heavy (non-hydrogen) atoms. The number of esters is 1. The first-order valence-corrected chi connectivity index (χ1v) is 5.15. The molecule has 7 nitrogen and oxygen atoms in total. The number of H-pyrrole nitrogens is 1. The van der Waals surface area contributed by atoms with E-state index in [2.05, 4.69) is 19.8 Å². The zero-order valence-electron chi connectivity index (χ0n) is 9.77. The number of fused-ring (bicyclic) bond motifs is 1. The molecule has 2 rings (SSSR count). The summed E-state index contributed by atoms with van der Waals surface area (Å²) in [6, 6.07) is 0. The van der Waals surface area contributed by atoms with Gasteiger partial charge < -0.3 is 9.72 Å². The van der Waals surface area contributed by atoms with Crippen LogP contribution in [-0.2, 0) is 11.2 Å². The zero-order chi connectivity index (χ0) is 12.6. The van der Waals surface area contributed by atoms with Crippen molar-refractivity contribution in [3.63, 3.8) is 0 Å². The fourth-order valence-electron chi connectivity index (χ4n) is 1.66. The van der Waals surface area contributed by atoms with E-state index < -0.39 is 5.97 Å². The van der Waals surface area contributed by atoms with E-state index >= 15 is 0 Å². The lowest BCUT2D eigenvalue weighted by Gasteiger charge is -2.01. The molecular formula is C10H12N4O3. The number of hydrogen-bond acceptors (Lipinski definition) is 5. The van der Waals surface area contributed by atoms with Gasteiger partial charge in [-0.05, 0) is 13.3 Å². The number of carbonyl (C=O) groups is 1. The minimum atomic E-state index is -0.669. The summed E-state index contributed by atoms with van der Waals surface area (Å²) in [6.45, 7) is 3.66. The van der Waals surface area contributed by atoms with Crippen LogP contribution in [0.1, 0.15) is 28.8 Å². The van der Waals surface area contributed by atoms with Gasteiger partial charge in [0.25, 0.3) is 11.4 Å². The number of aromatic nitrogens is 4. The number of rotatable bonds is 2. The third kappa shape index (κ3) is 1.69. The average Bonchev–Trinajstić information content (AvgIpc) is 2.72. The van der Waals surface area contributed by atoms with Crippen molar-refractivity contribution in [3.8, 4) is 0 Å². The lowest BCUT2D eigenvalue weighted by molar-refractivity contribution is 0.0587. The molecule has 0 bridgehead atoms. The summed E-state index contributed by atoms with van der Waals surface area (Å²) in [5.74, 6) is -0.559.